The van der Waals surface area contributed by atoms with E-state index < -0.39 is 5.97 Å². The van der Waals surface area contributed by atoms with Crippen molar-refractivity contribution in [2.24, 2.45) is 5.92 Å². The zero-order valence-electron chi connectivity index (χ0n) is 9.81. The van der Waals surface area contributed by atoms with E-state index in [1.165, 1.54) is 12.8 Å². The summed E-state index contributed by atoms with van der Waals surface area (Å²) in [4.78, 5) is 10.8. The predicted octanol–water partition coefficient (Wildman–Crippen LogP) is 2.04. The van der Waals surface area contributed by atoms with Gasteiger partial charge in [0.25, 0.3) is 0 Å². The Bertz CT molecular complexity index is 392. The molecule has 88 valence electrons. The number of aromatic nitrogens is 2. The summed E-state index contributed by atoms with van der Waals surface area (Å²) in [6, 6.07) is 0. The van der Waals surface area contributed by atoms with Crippen LogP contribution in [0.3, 0.4) is 0 Å². The molecule has 2 rings (SSSR count). The monoisotopic (exact) mass is 222 g/mol. The summed E-state index contributed by atoms with van der Waals surface area (Å²) < 4.78 is 2.00. The number of hydrogen-bond donors (Lipinski definition) is 1. The van der Waals surface area contributed by atoms with Gasteiger partial charge in [0.15, 0.2) is 0 Å². The minimum absolute atomic E-state index is 0.101. The fourth-order valence-corrected chi connectivity index (χ4v) is 2.05. The van der Waals surface area contributed by atoms with Crippen molar-refractivity contribution in [2.75, 3.05) is 0 Å². The van der Waals surface area contributed by atoms with Gasteiger partial charge in [-0.25, -0.2) is 0 Å². The number of hydrogen-bond acceptors (Lipinski definition) is 2. The van der Waals surface area contributed by atoms with Crippen LogP contribution in [0.5, 0.6) is 0 Å². The normalized spacial score (nSPS) is 15.7. The lowest BCUT2D eigenvalue weighted by molar-refractivity contribution is -0.136. The first-order valence-electron chi connectivity index (χ1n) is 5.84. The molecule has 1 aromatic rings. The van der Waals surface area contributed by atoms with Crippen molar-refractivity contribution in [3.8, 4) is 0 Å². The minimum atomic E-state index is -0.772. The highest BCUT2D eigenvalue weighted by atomic mass is 16.4. The fraction of sp³-hybridized carbons (Fsp3) is 0.667. The molecule has 1 aliphatic carbocycles. The van der Waals surface area contributed by atoms with E-state index in [0.717, 1.165) is 17.8 Å². The molecule has 0 amide bonds. The van der Waals surface area contributed by atoms with Gasteiger partial charge in [-0.3, -0.25) is 9.48 Å². The van der Waals surface area contributed by atoms with E-state index >= 15 is 0 Å². The Morgan fingerprint density at radius 2 is 2.31 bits per heavy atom. The van der Waals surface area contributed by atoms with E-state index in [0.29, 0.717) is 11.8 Å². The molecule has 0 unspecified atom stereocenters. The predicted molar refractivity (Wildman–Crippen MR) is 60.4 cm³/mol. The van der Waals surface area contributed by atoms with E-state index in [2.05, 4.69) is 18.9 Å². The van der Waals surface area contributed by atoms with Gasteiger partial charge in [0.05, 0.1) is 12.6 Å². The quantitative estimate of drug-likeness (QED) is 0.829. The van der Waals surface area contributed by atoms with Crippen molar-refractivity contribution in [1.82, 2.24) is 9.78 Å². The largest absolute Gasteiger partial charge is 0.481 e. The molecule has 4 heteroatoms. The molecule has 0 spiro atoms. The summed E-state index contributed by atoms with van der Waals surface area (Å²) in [7, 11) is 0. The summed E-state index contributed by atoms with van der Waals surface area (Å²) in [5, 5.41) is 13.2. The lowest BCUT2D eigenvalue weighted by Crippen LogP contribution is -2.11. The fourth-order valence-electron chi connectivity index (χ4n) is 2.05. The van der Waals surface area contributed by atoms with Crippen LogP contribution in [0.2, 0.25) is 0 Å². The Hall–Kier alpha value is -1.32. The summed E-state index contributed by atoms with van der Waals surface area (Å²) in [5.41, 5.74) is 2.06. The van der Waals surface area contributed by atoms with Gasteiger partial charge in [-0.2, -0.15) is 5.10 Å². The van der Waals surface area contributed by atoms with Gasteiger partial charge < -0.3 is 5.11 Å². The Balaban J connectivity index is 2.24. The van der Waals surface area contributed by atoms with Crippen molar-refractivity contribution >= 4 is 5.97 Å². The number of nitrogens with zero attached hydrogens (tertiary/aromatic N) is 2. The van der Waals surface area contributed by atoms with Gasteiger partial charge in [-0.15, -0.1) is 0 Å². The van der Waals surface area contributed by atoms with Crippen molar-refractivity contribution in [3.05, 3.63) is 17.5 Å². The van der Waals surface area contributed by atoms with Crippen LogP contribution in [0.4, 0.5) is 0 Å². The van der Waals surface area contributed by atoms with Crippen LogP contribution < -0.4 is 0 Å². The molecule has 0 aromatic carbocycles. The van der Waals surface area contributed by atoms with Crippen LogP contribution in [-0.2, 0) is 17.8 Å². The average Bonchev–Trinajstić information content (AvgIpc) is 2.91. The maximum atomic E-state index is 10.8. The SMILES string of the molecule is CC(C)Cn1ncc(CC(=O)O)c1C1CC1. The molecule has 4 nitrogen and oxygen atoms in total. The van der Waals surface area contributed by atoms with Gasteiger partial charge in [0, 0.05) is 23.7 Å². The Morgan fingerprint density at radius 3 is 2.81 bits per heavy atom. The molecule has 1 aliphatic rings. The summed E-state index contributed by atoms with van der Waals surface area (Å²) in [5.74, 6) is 0.316. The number of rotatable bonds is 5. The highest BCUT2D eigenvalue weighted by Gasteiger charge is 2.30. The van der Waals surface area contributed by atoms with Gasteiger partial charge in [-0.05, 0) is 18.8 Å². The van der Waals surface area contributed by atoms with E-state index in [-0.39, 0.29) is 6.42 Å². The van der Waals surface area contributed by atoms with E-state index in [1.807, 2.05) is 4.68 Å². The molecule has 0 radical (unpaired) electrons. The Morgan fingerprint density at radius 1 is 1.62 bits per heavy atom. The number of carboxylic acid groups (broad SMARTS) is 1. The maximum Gasteiger partial charge on any atom is 0.307 e. The minimum Gasteiger partial charge on any atom is -0.481 e. The molecule has 1 N–H and O–H groups in total. The second-order valence-electron chi connectivity index (χ2n) is 4.98. The number of carboxylic acids is 1. The molecule has 0 bridgehead atoms. The van der Waals surface area contributed by atoms with Crippen LogP contribution in [-0.4, -0.2) is 20.9 Å². The summed E-state index contributed by atoms with van der Waals surface area (Å²) in [6.45, 7) is 5.18. The van der Waals surface area contributed by atoms with Crippen LogP contribution in [0, 0.1) is 5.92 Å². The molecule has 1 fully saturated rings. The summed E-state index contributed by atoms with van der Waals surface area (Å²) in [6.07, 6.45) is 4.18. The van der Waals surface area contributed by atoms with Crippen LogP contribution in [0.25, 0.3) is 0 Å². The second-order valence-corrected chi connectivity index (χ2v) is 4.98. The molecule has 0 aliphatic heterocycles. The average molecular weight is 222 g/mol. The first kappa shape index (κ1) is 11.2. The molecule has 1 saturated carbocycles. The third-order valence-corrected chi connectivity index (χ3v) is 2.80. The first-order valence-corrected chi connectivity index (χ1v) is 5.84. The first-order chi connectivity index (χ1) is 7.58. The van der Waals surface area contributed by atoms with Gasteiger partial charge in [-0.1, -0.05) is 13.8 Å². The van der Waals surface area contributed by atoms with Crippen LogP contribution in [0.15, 0.2) is 6.20 Å². The Kier molecular flexibility index (Phi) is 2.99. The lowest BCUT2D eigenvalue weighted by atomic mass is 10.1. The smallest absolute Gasteiger partial charge is 0.307 e. The van der Waals surface area contributed by atoms with Crippen molar-refractivity contribution in [3.63, 3.8) is 0 Å². The van der Waals surface area contributed by atoms with Gasteiger partial charge in [0.2, 0.25) is 0 Å². The molecule has 1 aromatic heterocycles. The van der Waals surface area contributed by atoms with Crippen LogP contribution in [0.1, 0.15) is 43.9 Å². The second kappa shape index (κ2) is 4.28. The van der Waals surface area contributed by atoms with Gasteiger partial charge >= 0.3 is 5.97 Å². The van der Waals surface area contributed by atoms with Crippen molar-refractivity contribution < 1.29 is 9.90 Å². The molecule has 16 heavy (non-hydrogen) atoms. The third kappa shape index (κ3) is 2.43. The molecule has 0 saturated heterocycles. The zero-order valence-corrected chi connectivity index (χ0v) is 9.81. The van der Waals surface area contributed by atoms with Crippen molar-refractivity contribution in [2.45, 2.75) is 45.6 Å². The number of carbonyl (C=O) groups is 1. The van der Waals surface area contributed by atoms with E-state index in [1.54, 1.807) is 6.20 Å². The highest BCUT2D eigenvalue weighted by Crippen LogP contribution is 2.41. The molecular weight excluding hydrogens is 204 g/mol. The topological polar surface area (TPSA) is 55.1 Å². The standard InChI is InChI=1S/C12H18N2O2/c1-8(2)7-14-12(9-3-4-9)10(6-13-14)5-11(15)16/h6,8-9H,3-5,7H2,1-2H3,(H,15,16). The Labute approximate surface area is 95.3 Å². The highest BCUT2D eigenvalue weighted by molar-refractivity contribution is 5.70. The number of aliphatic carboxylic acids is 1. The summed E-state index contributed by atoms with van der Waals surface area (Å²) >= 11 is 0. The molecular formula is C12H18N2O2. The molecule has 0 atom stereocenters. The zero-order chi connectivity index (χ0) is 11.7. The van der Waals surface area contributed by atoms with E-state index in [9.17, 15) is 4.79 Å². The van der Waals surface area contributed by atoms with Crippen LogP contribution >= 0.6 is 0 Å². The molecule has 1 heterocycles. The van der Waals surface area contributed by atoms with E-state index in [4.69, 9.17) is 5.11 Å². The van der Waals surface area contributed by atoms with Gasteiger partial charge in [0.1, 0.15) is 0 Å². The van der Waals surface area contributed by atoms with Crippen molar-refractivity contribution in [1.29, 1.82) is 0 Å². The lowest BCUT2D eigenvalue weighted by Gasteiger charge is -2.10. The maximum absolute atomic E-state index is 10.8. The third-order valence-electron chi connectivity index (χ3n) is 2.80.